The molecular formula is C72H54B2N2O2. The molecule has 4 aliphatic rings. The molecule has 4 aliphatic heterocycles. The monoisotopic (exact) mass is 1000 g/mol. The Morgan fingerprint density at radius 3 is 1.28 bits per heavy atom. The van der Waals surface area contributed by atoms with Gasteiger partial charge >= 0.3 is 0 Å². The van der Waals surface area contributed by atoms with E-state index in [0.29, 0.717) is 0 Å². The summed E-state index contributed by atoms with van der Waals surface area (Å²) >= 11 is 0. The number of nitrogens with zero attached hydrogens (tertiary/aromatic N) is 2. The molecule has 0 bridgehead atoms. The van der Waals surface area contributed by atoms with E-state index in [1.54, 1.807) is 7.11 Å². The summed E-state index contributed by atoms with van der Waals surface area (Å²) in [7, 11) is 3.58. The predicted molar refractivity (Wildman–Crippen MR) is 332 cm³/mol. The maximum atomic E-state index is 6.39. The van der Waals surface area contributed by atoms with Crippen LogP contribution in [0.4, 0.5) is 34.1 Å². The van der Waals surface area contributed by atoms with E-state index in [2.05, 4.69) is 233 Å². The van der Waals surface area contributed by atoms with Gasteiger partial charge in [-0.2, -0.15) is 0 Å². The van der Waals surface area contributed by atoms with Crippen LogP contribution in [-0.2, 0) is 0 Å². The topological polar surface area (TPSA) is 24.9 Å². The molecule has 16 rings (SSSR count). The number of hydrogen-bond donors (Lipinski definition) is 0. The minimum Gasteiger partial charge on any atom is -0.497 e. The Morgan fingerprint density at radius 1 is 0.321 bits per heavy atom. The second-order valence-electron chi connectivity index (χ2n) is 22.6. The number of methoxy groups -OCH3 is 2. The fraction of sp³-hybridized carbons (Fsp3) is 0.111. The third-order valence-corrected chi connectivity index (χ3v) is 18.2. The maximum absolute atomic E-state index is 6.39. The standard InChI is InChI=1S/C72H54B2N2O2/c1-39-25-27-57-61(30-39)75(45-21-11-9-12-22-45)63-31-40(2)29-55-51-35-49(65-41(3)17-15-18-42(65)4)53-38-60-68-52(36-50(66-43(5)19-16-20-44(66)6)54-37-59(73(57)71(55)63)67(51)69(53)70(54)68)56-32-48(78-8)34-64-72(56)74(60)58-28-26-47(77-7)33-62(58)76(64)46-23-13-10-14-24-46/h9-38H,1-8H3. The van der Waals surface area contributed by atoms with Crippen molar-refractivity contribution in [2.24, 2.45) is 0 Å². The van der Waals surface area contributed by atoms with E-state index in [0.717, 1.165) is 28.6 Å². The molecule has 0 saturated carbocycles. The minimum absolute atomic E-state index is 0.0223. The van der Waals surface area contributed by atoms with Gasteiger partial charge in [0, 0.05) is 46.3 Å². The molecule has 0 N–H and O–H groups in total. The maximum Gasteiger partial charge on any atom is 0.248 e. The van der Waals surface area contributed by atoms with E-state index >= 15 is 0 Å². The lowest BCUT2D eigenvalue weighted by Gasteiger charge is -2.42. The molecule has 0 fully saturated rings. The zero-order valence-corrected chi connectivity index (χ0v) is 45.2. The van der Waals surface area contributed by atoms with Crippen molar-refractivity contribution in [3.63, 3.8) is 0 Å². The molecule has 0 spiro atoms. The molecule has 0 amide bonds. The van der Waals surface area contributed by atoms with E-state index in [4.69, 9.17) is 9.47 Å². The highest BCUT2D eigenvalue weighted by Crippen LogP contribution is 2.54. The Morgan fingerprint density at radius 2 is 0.769 bits per heavy atom. The van der Waals surface area contributed by atoms with E-state index in [1.807, 2.05) is 7.11 Å². The molecule has 0 aliphatic carbocycles. The number of para-hydroxylation sites is 2. The predicted octanol–water partition coefficient (Wildman–Crippen LogP) is 14.3. The van der Waals surface area contributed by atoms with Crippen LogP contribution in [0.2, 0.25) is 0 Å². The van der Waals surface area contributed by atoms with Crippen LogP contribution in [-0.4, -0.2) is 27.6 Å². The lowest BCUT2D eigenvalue weighted by molar-refractivity contribution is 0.415. The number of aryl methyl sites for hydroxylation is 6. The van der Waals surface area contributed by atoms with E-state index in [9.17, 15) is 0 Å². The zero-order chi connectivity index (χ0) is 52.6. The fourth-order valence-electron chi connectivity index (χ4n) is 15.1. The highest BCUT2D eigenvalue weighted by atomic mass is 16.5. The van der Waals surface area contributed by atoms with Crippen molar-refractivity contribution in [2.45, 2.75) is 41.5 Å². The first-order valence-electron chi connectivity index (χ1n) is 27.5. The van der Waals surface area contributed by atoms with Gasteiger partial charge in [-0.15, -0.1) is 0 Å². The highest BCUT2D eigenvalue weighted by molar-refractivity contribution is 7.02. The van der Waals surface area contributed by atoms with E-state index in [-0.39, 0.29) is 13.4 Å². The van der Waals surface area contributed by atoms with Gasteiger partial charge in [-0.1, -0.05) is 120 Å². The second kappa shape index (κ2) is 16.3. The summed E-state index contributed by atoms with van der Waals surface area (Å²) in [6.07, 6.45) is 0. The van der Waals surface area contributed by atoms with Gasteiger partial charge in [-0.25, -0.2) is 0 Å². The molecule has 6 heteroatoms. The first kappa shape index (κ1) is 45.2. The molecule has 4 heterocycles. The molecule has 12 aromatic carbocycles. The second-order valence-corrected chi connectivity index (χ2v) is 22.6. The highest BCUT2D eigenvalue weighted by Gasteiger charge is 2.46. The van der Waals surface area contributed by atoms with Crippen LogP contribution in [0.15, 0.2) is 182 Å². The lowest BCUT2D eigenvalue weighted by atomic mass is 9.31. The van der Waals surface area contributed by atoms with Crippen molar-refractivity contribution in [3.05, 3.63) is 215 Å². The van der Waals surface area contributed by atoms with Crippen molar-refractivity contribution in [1.82, 2.24) is 0 Å². The summed E-state index contributed by atoms with van der Waals surface area (Å²) < 4.78 is 12.5. The van der Waals surface area contributed by atoms with Crippen molar-refractivity contribution in [1.29, 1.82) is 0 Å². The summed E-state index contributed by atoms with van der Waals surface area (Å²) in [5.41, 5.74) is 32.7. The van der Waals surface area contributed by atoms with Crippen molar-refractivity contribution in [2.75, 3.05) is 24.0 Å². The normalized spacial score (nSPS) is 13.3. The fourth-order valence-corrected chi connectivity index (χ4v) is 15.1. The van der Waals surface area contributed by atoms with Gasteiger partial charge in [0.1, 0.15) is 11.5 Å². The lowest BCUT2D eigenvalue weighted by Crippen LogP contribution is -2.60. The van der Waals surface area contributed by atoms with Gasteiger partial charge in [0.25, 0.3) is 0 Å². The molecule has 0 saturated heterocycles. The molecule has 0 atom stereocenters. The van der Waals surface area contributed by atoms with Gasteiger partial charge in [0.2, 0.25) is 13.4 Å². The van der Waals surface area contributed by atoms with Crippen molar-refractivity contribution >= 4 is 113 Å². The summed E-state index contributed by atoms with van der Waals surface area (Å²) in [5.74, 6) is 1.65. The van der Waals surface area contributed by atoms with Gasteiger partial charge in [-0.3, -0.25) is 0 Å². The average molecular weight is 1000 g/mol. The van der Waals surface area contributed by atoms with Gasteiger partial charge in [-0.05, 0) is 234 Å². The molecule has 12 aromatic rings. The number of anilines is 6. The Kier molecular flexibility index (Phi) is 9.43. The molecule has 370 valence electrons. The van der Waals surface area contributed by atoms with Crippen LogP contribution in [0, 0.1) is 41.5 Å². The van der Waals surface area contributed by atoms with Crippen LogP contribution in [0.1, 0.15) is 33.4 Å². The molecule has 0 unspecified atom stereocenters. The van der Waals surface area contributed by atoms with Gasteiger partial charge < -0.3 is 19.3 Å². The van der Waals surface area contributed by atoms with Gasteiger partial charge in [0.05, 0.1) is 14.2 Å². The Hall–Kier alpha value is -8.99. The molecule has 0 radical (unpaired) electrons. The smallest absolute Gasteiger partial charge is 0.248 e. The number of rotatable bonds is 6. The average Bonchev–Trinajstić information content (AvgIpc) is 3.20. The zero-order valence-electron chi connectivity index (χ0n) is 45.2. The largest absolute Gasteiger partial charge is 0.497 e. The summed E-state index contributed by atoms with van der Waals surface area (Å²) in [5, 5.41) is 7.96. The molecule has 4 nitrogen and oxygen atoms in total. The van der Waals surface area contributed by atoms with E-state index < -0.39 is 0 Å². The van der Waals surface area contributed by atoms with Crippen LogP contribution in [0.25, 0.3) is 76.8 Å². The number of fused-ring (bicyclic) bond motifs is 8. The molecule has 78 heavy (non-hydrogen) atoms. The molecular weight excluding hydrogens is 946 g/mol. The van der Waals surface area contributed by atoms with Crippen LogP contribution in [0.3, 0.4) is 0 Å². The number of benzene rings is 12. The van der Waals surface area contributed by atoms with Crippen molar-refractivity contribution < 1.29 is 9.47 Å². The molecule has 0 aromatic heterocycles. The Balaban J connectivity index is 1.15. The van der Waals surface area contributed by atoms with Gasteiger partial charge in [0.15, 0.2) is 0 Å². The number of hydrogen-bond acceptors (Lipinski definition) is 4. The van der Waals surface area contributed by atoms with E-state index in [1.165, 1.54) is 160 Å². The summed E-state index contributed by atoms with van der Waals surface area (Å²) in [6, 6.07) is 69.4. The summed E-state index contributed by atoms with van der Waals surface area (Å²) in [4.78, 5) is 4.98. The third-order valence-electron chi connectivity index (χ3n) is 18.2. The number of ether oxygens (including phenoxy) is 2. The Labute approximate surface area is 456 Å². The van der Waals surface area contributed by atoms with Crippen LogP contribution in [0.5, 0.6) is 11.5 Å². The third kappa shape index (κ3) is 5.98. The summed E-state index contributed by atoms with van der Waals surface area (Å²) in [6.45, 7) is 13.6. The first-order chi connectivity index (χ1) is 38.1. The SMILES string of the molecule is COc1ccc2c(c1)N(c1ccccc1)c1cc(OC)cc3c1B2c1cc2c(-c4c(C)cccc4C)cc4c5c(cc6c(-c7c(C)cccc7C)cc-3c1c6c25)B1c2ccc(C)cc2N(c2ccccc2)c2cc(C)cc-4c21. The first-order valence-corrected chi connectivity index (χ1v) is 27.5. The van der Waals surface area contributed by atoms with Crippen LogP contribution >= 0.6 is 0 Å². The van der Waals surface area contributed by atoms with Crippen LogP contribution < -0.4 is 52.1 Å². The minimum atomic E-state index is -0.104. The Bertz CT molecular complexity index is 4580. The quantitative estimate of drug-likeness (QED) is 0.122. The van der Waals surface area contributed by atoms with Crippen molar-refractivity contribution in [3.8, 4) is 56.0 Å².